The van der Waals surface area contributed by atoms with Gasteiger partial charge in [0.1, 0.15) is 11.5 Å². The van der Waals surface area contributed by atoms with Gasteiger partial charge in [0.15, 0.2) is 5.13 Å². The fourth-order valence-electron chi connectivity index (χ4n) is 2.78. The number of aromatic nitrogens is 1. The molecular formula is C20H17N3O3S. The zero-order valence-corrected chi connectivity index (χ0v) is 15.6. The Morgan fingerprint density at radius 2 is 1.96 bits per heavy atom. The lowest BCUT2D eigenvalue weighted by Gasteiger charge is -2.10. The van der Waals surface area contributed by atoms with Crippen molar-refractivity contribution in [3.8, 4) is 17.4 Å². The van der Waals surface area contributed by atoms with Gasteiger partial charge >= 0.3 is 0 Å². The molecule has 2 heterocycles. The predicted molar refractivity (Wildman–Crippen MR) is 109 cm³/mol. The van der Waals surface area contributed by atoms with E-state index in [2.05, 4.69) is 15.3 Å². The summed E-state index contributed by atoms with van der Waals surface area (Å²) in [6.07, 6.45) is 3.68. The number of hydrogen-bond acceptors (Lipinski definition) is 7. The van der Waals surface area contributed by atoms with E-state index in [0.717, 1.165) is 22.5 Å². The van der Waals surface area contributed by atoms with Crippen LogP contribution in [0, 0.1) is 0 Å². The second-order valence-corrected chi connectivity index (χ2v) is 6.80. The van der Waals surface area contributed by atoms with Gasteiger partial charge in [-0.05, 0) is 24.3 Å². The first kappa shape index (κ1) is 17.1. The summed E-state index contributed by atoms with van der Waals surface area (Å²) in [7, 11) is 3.19. The van der Waals surface area contributed by atoms with E-state index in [0.29, 0.717) is 21.5 Å². The van der Waals surface area contributed by atoms with Crippen molar-refractivity contribution in [3.63, 3.8) is 0 Å². The first-order chi connectivity index (χ1) is 13.2. The zero-order valence-electron chi connectivity index (χ0n) is 14.8. The van der Waals surface area contributed by atoms with Crippen molar-refractivity contribution >= 4 is 45.7 Å². The molecular weight excluding hydrogens is 362 g/mol. The fourth-order valence-corrected chi connectivity index (χ4v) is 3.61. The monoisotopic (exact) mass is 379 g/mol. The molecule has 0 atom stereocenters. The van der Waals surface area contributed by atoms with Crippen LogP contribution in [0.25, 0.3) is 11.6 Å². The van der Waals surface area contributed by atoms with E-state index in [1.165, 1.54) is 11.3 Å². The SMILES string of the molecule is COc1ccc(Nc2nc(O)c(C=C3C=Nc4ccccc43)s2)c(OC)c1. The molecule has 1 aliphatic heterocycles. The Morgan fingerprint density at radius 3 is 2.78 bits per heavy atom. The lowest BCUT2D eigenvalue weighted by molar-refractivity contribution is 0.395. The van der Waals surface area contributed by atoms with E-state index in [9.17, 15) is 5.11 Å². The molecule has 0 fully saturated rings. The van der Waals surface area contributed by atoms with Crippen molar-refractivity contribution in [3.05, 3.63) is 52.9 Å². The summed E-state index contributed by atoms with van der Waals surface area (Å²) in [5, 5.41) is 14.0. The van der Waals surface area contributed by atoms with Gasteiger partial charge in [-0.25, -0.2) is 0 Å². The minimum atomic E-state index is -0.0275. The van der Waals surface area contributed by atoms with Crippen LogP contribution in [0.4, 0.5) is 16.5 Å². The highest BCUT2D eigenvalue weighted by atomic mass is 32.1. The molecule has 2 N–H and O–H groups in total. The Kier molecular flexibility index (Phi) is 4.52. The summed E-state index contributed by atoms with van der Waals surface area (Å²) in [6, 6.07) is 13.3. The van der Waals surface area contributed by atoms with Gasteiger partial charge < -0.3 is 19.9 Å². The number of anilines is 2. The number of methoxy groups -OCH3 is 2. The number of rotatable bonds is 5. The maximum atomic E-state index is 10.2. The van der Waals surface area contributed by atoms with Crippen molar-refractivity contribution in [2.45, 2.75) is 0 Å². The summed E-state index contributed by atoms with van der Waals surface area (Å²) < 4.78 is 10.6. The quantitative estimate of drug-likeness (QED) is 0.662. The summed E-state index contributed by atoms with van der Waals surface area (Å²) in [5.41, 5.74) is 3.64. The van der Waals surface area contributed by atoms with E-state index < -0.39 is 0 Å². The van der Waals surface area contributed by atoms with E-state index in [1.54, 1.807) is 26.5 Å². The van der Waals surface area contributed by atoms with Crippen LogP contribution < -0.4 is 14.8 Å². The largest absolute Gasteiger partial charge is 0.497 e. The molecule has 1 aromatic heterocycles. The Hall–Kier alpha value is -3.32. The Labute approximate surface area is 160 Å². The molecule has 2 aromatic carbocycles. The number of benzene rings is 2. The molecule has 0 saturated carbocycles. The minimum absolute atomic E-state index is 0.0275. The third kappa shape index (κ3) is 3.37. The van der Waals surface area contributed by atoms with E-state index in [-0.39, 0.29) is 5.88 Å². The van der Waals surface area contributed by atoms with Crippen LogP contribution in [0.2, 0.25) is 0 Å². The summed E-state index contributed by atoms with van der Waals surface area (Å²) >= 11 is 1.35. The summed E-state index contributed by atoms with van der Waals surface area (Å²) in [4.78, 5) is 9.25. The van der Waals surface area contributed by atoms with Crippen LogP contribution in [-0.2, 0) is 0 Å². The van der Waals surface area contributed by atoms with Gasteiger partial charge in [0.05, 0.1) is 30.5 Å². The number of allylic oxidation sites excluding steroid dienone is 1. The molecule has 4 rings (SSSR count). The van der Waals surface area contributed by atoms with Crippen LogP contribution in [0.5, 0.6) is 17.4 Å². The average Bonchev–Trinajstić information content (AvgIpc) is 3.26. The summed E-state index contributed by atoms with van der Waals surface area (Å²) in [5.74, 6) is 1.30. The van der Waals surface area contributed by atoms with Crippen molar-refractivity contribution in [1.82, 2.24) is 4.98 Å². The van der Waals surface area contributed by atoms with Gasteiger partial charge in [-0.3, -0.25) is 4.99 Å². The number of aliphatic imine (C=N–C) groups is 1. The van der Waals surface area contributed by atoms with Gasteiger partial charge in [-0.15, -0.1) is 0 Å². The van der Waals surface area contributed by atoms with E-state index in [4.69, 9.17) is 9.47 Å². The minimum Gasteiger partial charge on any atom is -0.497 e. The number of nitrogens with one attached hydrogen (secondary N) is 1. The molecule has 0 unspecified atom stereocenters. The van der Waals surface area contributed by atoms with Gasteiger partial charge in [-0.2, -0.15) is 4.98 Å². The van der Waals surface area contributed by atoms with Crippen molar-refractivity contribution < 1.29 is 14.6 Å². The molecule has 27 heavy (non-hydrogen) atoms. The van der Waals surface area contributed by atoms with Crippen molar-refractivity contribution in [2.24, 2.45) is 4.99 Å². The molecule has 0 spiro atoms. The smallest absolute Gasteiger partial charge is 0.231 e. The van der Waals surface area contributed by atoms with E-state index >= 15 is 0 Å². The van der Waals surface area contributed by atoms with Crippen LogP contribution in [0.1, 0.15) is 10.4 Å². The highest BCUT2D eigenvalue weighted by Gasteiger charge is 2.15. The van der Waals surface area contributed by atoms with Crippen LogP contribution in [0.15, 0.2) is 47.5 Å². The number of fused-ring (bicyclic) bond motifs is 1. The van der Waals surface area contributed by atoms with Crippen LogP contribution >= 0.6 is 11.3 Å². The second-order valence-electron chi connectivity index (χ2n) is 5.77. The molecule has 1 aliphatic rings. The van der Waals surface area contributed by atoms with E-state index in [1.807, 2.05) is 42.5 Å². The number of ether oxygens (including phenoxy) is 2. The standard InChI is InChI=1S/C20H17N3O3S/c1-25-13-7-8-16(17(10-13)26-2)22-20-23-19(24)18(27-20)9-12-11-21-15-6-4-3-5-14(12)15/h3-11,24H,1-2H3,(H,22,23). The maximum absolute atomic E-state index is 10.2. The highest BCUT2D eigenvalue weighted by Crippen LogP contribution is 2.38. The van der Waals surface area contributed by atoms with Crippen molar-refractivity contribution in [1.29, 1.82) is 0 Å². The summed E-state index contributed by atoms with van der Waals surface area (Å²) in [6.45, 7) is 0. The normalized spacial score (nSPS) is 13.6. The molecule has 0 radical (unpaired) electrons. The Morgan fingerprint density at radius 1 is 1.11 bits per heavy atom. The number of aromatic hydroxyl groups is 1. The topological polar surface area (TPSA) is 76.0 Å². The molecule has 6 nitrogen and oxygen atoms in total. The second kappa shape index (κ2) is 7.13. The maximum Gasteiger partial charge on any atom is 0.231 e. The molecule has 3 aromatic rings. The molecule has 0 aliphatic carbocycles. The number of hydrogen-bond donors (Lipinski definition) is 2. The van der Waals surface area contributed by atoms with Crippen LogP contribution in [0.3, 0.4) is 0 Å². The predicted octanol–water partition coefficient (Wildman–Crippen LogP) is 4.87. The number of nitrogens with zero attached hydrogens (tertiary/aromatic N) is 2. The molecule has 0 amide bonds. The third-order valence-corrected chi connectivity index (χ3v) is 5.04. The molecule has 0 bridgehead atoms. The van der Waals surface area contributed by atoms with Crippen molar-refractivity contribution in [2.75, 3.05) is 19.5 Å². The Balaban J connectivity index is 1.62. The lowest BCUT2D eigenvalue weighted by Crippen LogP contribution is -1.95. The highest BCUT2D eigenvalue weighted by molar-refractivity contribution is 7.16. The lowest BCUT2D eigenvalue weighted by atomic mass is 10.1. The van der Waals surface area contributed by atoms with Gasteiger partial charge in [-0.1, -0.05) is 29.5 Å². The third-order valence-electron chi connectivity index (χ3n) is 4.13. The molecule has 7 heteroatoms. The first-order valence-electron chi connectivity index (χ1n) is 8.22. The number of para-hydroxylation sites is 1. The van der Waals surface area contributed by atoms with Gasteiger partial charge in [0.25, 0.3) is 0 Å². The van der Waals surface area contributed by atoms with Crippen LogP contribution in [-0.4, -0.2) is 30.5 Å². The number of thiazole rings is 1. The fraction of sp³-hybridized carbons (Fsp3) is 0.100. The average molecular weight is 379 g/mol. The molecule has 136 valence electrons. The van der Waals surface area contributed by atoms with Gasteiger partial charge in [0.2, 0.25) is 5.88 Å². The molecule has 0 saturated heterocycles. The van der Waals surface area contributed by atoms with Gasteiger partial charge in [0, 0.05) is 23.4 Å². The first-order valence-corrected chi connectivity index (χ1v) is 9.03. The zero-order chi connectivity index (χ0) is 18.8. The Bertz CT molecular complexity index is 1060.